The fraction of sp³-hybridized carbons (Fsp3) is 0.308. The predicted octanol–water partition coefficient (Wildman–Crippen LogP) is 4.01. The van der Waals surface area contributed by atoms with E-state index in [4.69, 9.17) is 4.42 Å². The van der Waals surface area contributed by atoms with Crippen molar-refractivity contribution in [2.24, 2.45) is 0 Å². The zero-order chi connectivity index (χ0) is 22.5. The Hall–Kier alpha value is -3.54. The van der Waals surface area contributed by atoms with Gasteiger partial charge in [-0.1, -0.05) is 48.5 Å². The number of para-hydroxylation sites is 1. The molecule has 6 heteroatoms. The molecule has 0 saturated carbocycles. The summed E-state index contributed by atoms with van der Waals surface area (Å²) in [6.45, 7) is 5.67. The van der Waals surface area contributed by atoms with Gasteiger partial charge >= 0.3 is 0 Å². The van der Waals surface area contributed by atoms with E-state index in [1.807, 2.05) is 43.3 Å². The summed E-state index contributed by atoms with van der Waals surface area (Å²) in [5, 5.41) is 2.77. The van der Waals surface area contributed by atoms with Crippen LogP contribution in [0.5, 0.6) is 0 Å². The third kappa shape index (κ3) is 4.69. The van der Waals surface area contributed by atoms with Gasteiger partial charge in [0.15, 0.2) is 0 Å². The van der Waals surface area contributed by atoms with Gasteiger partial charge in [-0.25, -0.2) is 0 Å². The topological polar surface area (TPSA) is 65.8 Å². The maximum absolute atomic E-state index is 12.8. The summed E-state index contributed by atoms with van der Waals surface area (Å²) in [6.07, 6.45) is 2.51. The second-order valence-corrected chi connectivity index (χ2v) is 8.14. The number of nitrogens with one attached hydrogen (secondary N) is 1. The molecule has 2 amide bonds. The molecule has 3 aromatic rings. The molecule has 0 bridgehead atoms. The van der Waals surface area contributed by atoms with E-state index in [9.17, 15) is 9.59 Å². The van der Waals surface area contributed by atoms with Crippen molar-refractivity contribution >= 4 is 17.5 Å². The highest BCUT2D eigenvalue weighted by Gasteiger charge is 2.28. The fourth-order valence-corrected chi connectivity index (χ4v) is 4.23. The average Bonchev–Trinajstić information content (AvgIpc) is 3.41. The molecule has 0 spiro atoms. The number of furan rings is 1. The van der Waals surface area contributed by atoms with Gasteiger partial charge in [-0.3, -0.25) is 9.59 Å². The second-order valence-electron chi connectivity index (χ2n) is 8.14. The molecule has 1 aliphatic rings. The van der Waals surface area contributed by atoms with Gasteiger partial charge < -0.3 is 19.5 Å². The van der Waals surface area contributed by atoms with Crippen molar-refractivity contribution in [2.45, 2.75) is 39.4 Å². The van der Waals surface area contributed by atoms with Gasteiger partial charge in [0, 0.05) is 24.8 Å². The SMILES string of the molecule is CCN(Cc1ccccc1)C(=O)CNC(=O)c1ccoc1CN1c2ccccc2CC1C. The van der Waals surface area contributed by atoms with Crippen molar-refractivity contribution in [3.63, 3.8) is 0 Å². The summed E-state index contributed by atoms with van der Waals surface area (Å²) in [6, 6.07) is 20.2. The van der Waals surface area contributed by atoms with Gasteiger partial charge in [0.25, 0.3) is 5.91 Å². The molecule has 4 rings (SSSR count). The number of amides is 2. The van der Waals surface area contributed by atoms with Crippen molar-refractivity contribution < 1.29 is 14.0 Å². The second kappa shape index (κ2) is 9.73. The van der Waals surface area contributed by atoms with Crippen LogP contribution in [-0.4, -0.2) is 35.8 Å². The van der Waals surface area contributed by atoms with E-state index in [0.717, 1.165) is 12.0 Å². The molecule has 0 saturated heterocycles. The highest BCUT2D eigenvalue weighted by molar-refractivity contribution is 5.97. The van der Waals surface area contributed by atoms with Gasteiger partial charge in [-0.15, -0.1) is 0 Å². The van der Waals surface area contributed by atoms with Crippen LogP contribution in [0, 0.1) is 0 Å². The number of carbonyl (C=O) groups excluding carboxylic acids is 2. The first-order valence-electron chi connectivity index (χ1n) is 11.1. The minimum atomic E-state index is -0.294. The van der Waals surface area contributed by atoms with Gasteiger partial charge in [-0.2, -0.15) is 0 Å². The molecule has 166 valence electrons. The normalized spacial score (nSPS) is 14.8. The average molecular weight is 432 g/mol. The fourth-order valence-electron chi connectivity index (χ4n) is 4.23. The third-order valence-corrected chi connectivity index (χ3v) is 6.00. The lowest BCUT2D eigenvalue weighted by molar-refractivity contribution is -0.130. The summed E-state index contributed by atoms with van der Waals surface area (Å²) in [7, 11) is 0. The van der Waals surface area contributed by atoms with Crippen molar-refractivity contribution in [1.82, 2.24) is 10.2 Å². The standard InChI is InChI=1S/C26H29N3O3/c1-3-28(17-20-9-5-4-6-10-20)25(30)16-27-26(31)22-13-14-32-24(22)18-29-19(2)15-21-11-7-8-12-23(21)29/h4-14,19H,3,15-18H2,1-2H3,(H,27,31). The molecule has 2 aromatic carbocycles. The lowest BCUT2D eigenvalue weighted by atomic mass is 10.1. The van der Waals surface area contributed by atoms with Crippen molar-refractivity contribution in [3.8, 4) is 0 Å². The molecule has 0 fully saturated rings. The summed E-state index contributed by atoms with van der Waals surface area (Å²) in [4.78, 5) is 29.5. The highest BCUT2D eigenvalue weighted by Crippen LogP contribution is 2.33. The van der Waals surface area contributed by atoms with E-state index < -0.39 is 0 Å². The summed E-state index contributed by atoms with van der Waals surface area (Å²) in [5.41, 5.74) is 4.02. The number of fused-ring (bicyclic) bond motifs is 1. The van der Waals surface area contributed by atoms with Gasteiger partial charge in [0.1, 0.15) is 5.76 Å². The Morgan fingerprint density at radius 3 is 2.62 bits per heavy atom. The first-order chi connectivity index (χ1) is 15.6. The Kier molecular flexibility index (Phi) is 6.59. The molecular weight excluding hydrogens is 402 g/mol. The molecule has 0 aliphatic carbocycles. The number of rotatable bonds is 8. The third-order valence-electron chi connectivity index (χ3n) is 6.00. The van der Waals surface area contributed by atoms with E-state index in [1.54, 1.807) is 11.0 Å². The molecule has 2 heterocycles. The zero-order valence-electron chi connectivity index (χ0n) is 18.6. The van der Waals surface area contributed by atoms with Crippen LogP contribution in [0.4, 0.5) is 5.69 Å². The highest BCUT2D eigenvalue weighted by atomic mass is 16.3. The van der Waals surface area contributed by atoms with E-state index in [2.05, 4.69) is 35.3 Å². The van der Waals surface area contributed by atoms with Crippen LogP contribution in [0.2, 0.25) is 0 Å². The van der Waals surface area contributed by atoms with Crippen molar-refractivity contribution in [3.05, 3.63) is 89.4 Å². The van der Waals surface area contributed by atoms with Crippen LogP contribution in [0.1, 0.15) is 41.1 Å². The van der Waals surface area contributed by atoms with Crippen LogP contribution in [0.3, 0.4) is 0 Å². The van der Waals surface area contributed by atoms with Crippen LogP contribution in [0.25, 0.3) is 0 Å². The van der Waals surface area contributed by atoms with Gasteiger partial charge in [-0.05, 0) is 43.5 Å². The van der Waals surface area contributed by atoms with Gasteiger partial charge in [0.05, 0.1) is 24.9 Å². The minimum absolute atomic E-state index is 0.0485. The van der Waals surface area contributed by atoms with E-state index >= 15 is 0 Å². The van der Waals surface area contributed by atoms with Crippen LogP contribution < -0.4 is 10.2 Å². The monoisotopic (exact) mass is 431 g/mol. The number of carbonyl (C=O) groups is 2. The molecule has 0 radical (unpaired) electrons. The molecule has 32 heavy (non-hydrogen) atoms. The maximum atomic E-state index is 12.8. The predicted molar refractivity (Wildman–Crippen MR) is 124 cm³/mol. The lowest BCUT2D eigenvalue weighted by Gasteiger charge is -2.24. The molecule has 1 atom stereocenters. The summed E-state index contributed by atoms with van der Waals surface area (Å²) >= 11 is 0. The summed E-state index contributed by atoms with van der Waals surface area (Å²) < 4.78 is 5.67. The number of benzene rings is 2. The van der Waals surface area contributed by atoms with E-state index in [-0.39, 0.29) is 18.4 Å². The largest absolute Gasteiger partial charge is 0.467 e. The number of hydrogen-bond donors (Lipinski definition) is 1. The molecule has 1 N–H and O–H groups in total. The van der Waals surface area contributed by atoms with Crippen molar-refractivity contribution in [2.75, 3.05) is 18.0 Å². The first kappa shape index (κ1) is 21.7. The van der Waals surface area contributed by atoms with Crippen LogP contribution in [-0.2, 0) is 24.3 Å². The zero-order valence-corrected chi connectivity index (χ0v) is 18.6. The van der Waals surface area contributed by atoms with Crippen molar-refractivity contribution in [1.29, 1.82) is 0 Å². The number of hydrogen-bond acceptors (Lipinski definition) is 4. The quantitative estimate of drug-likeness (QED) is 0.585. The molecule has 1 aromatic heterocycles. The van der Waals surface area contributed by atoms with E-state index in [1.165, 1.54) is 17.5 Å². The Morgan fingerprint density at radius 1 is 1.09 bits per heavy atom. The van der Waals surface area contributed by atoms with Crippen LogP contribution >= 0.6 is 0 Å². The maximum Gasteiger partial charge on any atom is 0.255 e. The van der Waals surface area contributed by atoms with Gasteiger partial charge in [0.2, 0.25) is 5.91 Å². The van der Waals surface area contributed by atoms with E-state index in [0.29, 0.717) is 37.0 Å². The smallest absolute Gasteiger partial charge is 0.255 e. The first-order valence-corrected chi connectivity index (χ1v) is 11.1. The Bertz CT molecular complexity index is 1080. The molecule has 1 aliphatic heterocycles. The summed E-state index contributed by atoms with van der Waals surface area (Å²) in [5.74, 6) is 0.199. The molecular formula is C26H29N3O3. The molecule has 6 nitrogen and oxygen atoms in total. The minimum Gasteiger partial charge on any atom is -0.467 e. The number of nitrogens with zero attached hydrogens (tertiary/aromatic N) is 2. The Labute approximate surface area is 188 Å². The molecule has 1 unspecified atom stereocenters. The Balaban J connectivity index is 1.38. The number of likely N-dealkylation sites (N-methyl/N-ethyl adjacent to an activating group) is 1. The van der Waals surface area contributed by atoms with Crippen LogP contribution in [0.15, 0.2) is 71.3 Å². The number of anilines is 1. The Morgan fingerprint density at radius 2 is 1.84 bits per heavy atom. The lowest BCUT2D eigenvalue weighted by Crippen LogP contribution is -2.40.